The maximum absolute atomic E-state index is 12.9. The Morgan fingerprint density at radius 2 is 0.532 bits per heavy atom. The Labute approximate surface area is 477 Å². The number of carbonyl (C=O) groups excluding carboxylic acids is 3. The lowest BCUT2D eigenvalue weighted by atomic mass is 10.0. The van der Waals surface area contributed by atoms with Gasteiger partial charge in [-0.25, -0.2) is 0 Å². The van der Waals surface area contributed by atoms with E-state index < -0.39 is 6.10 Å². The Kier molecular flexibility index (Phi) is 62.2. The zero-order valence-electron chi connectivity index (χ0n) is 51.0. The molecule has 0 radical (unpaired) electrons. The fraction of sp³-hybridized carbons (Fsp3) is 0.761. The molecule has 6 heteroatoms. The van der Waals surface area contributed by atoms with Gasteiger partial charge >= 0.3 is 17.9 Å². The van der Waals surface area contributed by atoms with Crippen LogP contribution < -0.4 is 0 Å². The molecule has 0 aromatic rings. The molecule has 0 bridgehead atoms. The molecule has 0 fully saturated rings. The van der Waals surface area contributed by atoms with Crippen molar-refractivity contribution in [3.05, 3.63) is 85.1 Å². The number of unbranched alkanes of at least 4 members (excludes halogenated alkanes) is 35. The van der Waals surface area contributed by atoms with Gasteiger partial charge in [0.2, 0.25) is 0 Å². The van der Waals surface area contributed by atoms with Crippen LogP contribution in [0.2, 0.25) is 0 Å². The molecule has 0 rings (SSSR count). The molecule has 1 atom stereocenters. The van der Waals surface area contributed by atoms with Gasteiger partial charge in [-0.15, -0.1) is 0 Å². The van der Waals surface area contributed by atoms with Gasteiger partial charge in [0, 0.05) is 19.3 Å². The average Bonchev–Trinajstić information content (AvgIpc) is 3.43. The summed E-state index contributed by atoms with van der Waals surface area (Å²) in [5, 5.41) is 0. The normalized spacial score (nSPS) is 12.6. The smallest absolute Gasteiger partial charge is 0.306 e. The van der Waals surface area contributed by atoms with Gasteiger partial charge in [0.05, 0.1) is 0 Å². The van der Waals surface area contributed by atoms with Gasteiger partial charge in [-0.2, -0.15) is 0 Å². The van der Waals surface area contributed by atoms with Crippen LogP contribution >= 0.6 is 0 Å². The van der Waals surface area contributed by atoms with E-state index in [1.54, 1.807) is 0 Å². The van der Waals surface area contributed by atoms with Crippen LogP contribution in [0.1, 0.15) is 329 Å². The second-order valence-electron chi connectivity index (χ2n) is 22.0. The minimum absolute atomic E-state index is 0.0811. The largest absolute Gasteiger partial charge is 0.462 e. The summed E-state index contributed by atoms with van der Waals surface area (Å²) in [6.45, 7) is 6.49. The van der Waals surface area contributed by atoms with Gasteiger partial charge in [-0.05, 0) is 109 Å². The van der Waals surface area contributed by atoms with E-state index in [0.717, 1.165) is 109 Å². The van der Waals surface area contributed by atoms with Gasteiger partial charge in [0.15, 0.2) is 6.10 Å². The lowest BCUT2D eigenvalue weighted by Crippen LogP contribution is -2.30. The lowest BCUT2D eigenvalue weighted by molar-refractivity contribution is -0.167. The van der Waals surface area contributed by atoms with E-state index in [-0.39, 0.29) is 31.1 Å². The number of rotatable bonds is 60. The first-order chi connectivity index (χ1) is 38.0. The van der Waals surface area contributed by atoms with E-state index in [4.69, 9.17) is 14.2 Å². The topological polar surface area (TPSA) is 78.9 Å². The molecule has 0 aromatic heterocycles. The molecule has 6 nitrogen and oxygen atoms in total. The molecule has 0 heterocycles. The fourth-order valence-electron chi connectivity index (χ4n) is 9.41. The molecule has 0 aromatic carbocycles. The molecular formula is C71H124O6. The summed E-state index contributed by atoms with van der Waals surface area (Å²) in [5.74, 6) is -0.886. The standard InChI is InChI=1S/C71H124O6/c1-4-7-10-13-16-19-22-25-27-29-31-33-34-35-36-38-39-41-43-46-49-52-55-58-61-64-70(73)76-67-68(66-75-69(72)63-60-57-54-51-48-45-24-21-18-15-12-9-6-3)77-71(74)65-62-59-56-53-50-47-44-42-40-37-32-30-28-26-23-20-17-14-11-8-5-2/h7,10,12,15-16,19,21,24-25,27,30-33,68H,4-6,8-9,11,13-14,17-18,20,22-23,26,28-29,34-67H2,1-3H3/b10-7-,15-12-,19-16-,24-21-,27-25-,32-30-,33-31-. The van der Waals surface area contributed by atoms with Crippen molar-refractivity contribution in [3.63, 3.8) is 0 Å². The van der Waals surface area contributed by atoms with Gasteiger partial charge in [-0.3, -0.25) is 14.4 Å². The molecule has 0 saturated carbocycles. The lowest BCUT2D eigenvalue weighted by Gasteiger charge is -2.18. The van der Waals surface area contributed by atoms with E-state index in [0.29, 0.717) is 19.3 Å². The summed E-state index contributed by atoms with van der Waals surface area (Å²) < 4.78 is 16.9. The van der Waals surface area contributed by atoms with Crippen molar-refractivity contribution < 1.29 is 28.6 Å². The molecule has 0 aliphatic rings. The van der Waals surface area contributed by atoms with Crippen LogP contribution in [0.3, 0.4) is 0 Å². The van der Waals surface area contributed by atoms with Crippen LogP contribution in [0.4, 0.5) is 0 Å². The minimum atomic E-state index is -0.785. The molecule has 0 amide bonds. The van der Waals surface area contributed by atoms with Crippen molar-refractivity contribution in [2.24, 2.45) is 0 Å². The molecule has 0 spiro atoms. The number of allylic oxidation sites excluding steroid dienone is 14. The fourth-order valence-corrected chi connectivity index (χ4v) is 9.41. The van der Waals surface area contributed by atoms with Crippen molar-refractivity contribution >= 4 is 17.9 Å². The summed E-state index contributed by atoms with van der Waals surface area (Å²) in [6.07, 6.45) is 86.0. The van der Waals surface area contributed by atoms with Gasteiger partial charge in [0.25, 0.3) is 0 Å². The van der Waals surface area contributed by atoms with Gasteiger partial charge in [0.1, 0.15) is 13.2 Å². The van der Waals surface area contributed by atoms with E-state index in [9.17, 15) is 14.4 Å². The van der Waals surface area contributed by atoms with Crippen LogP contribution in [0, 0.1) is 0 Å². The number of hydrogen-bond acceptors (Lipinski definition) is 6. The van der Waals surface area contributed by atoms with E-state index in [1.807, 2.05) is 0 Å². The monoisotopic (exact) mass is 1070 g/mol. The van der Waals surface area contributed by atoms with Crippen molar-refractivity contribution in [1.82, 2.24) is 0 Å². The summed E-state index contributed by atoms with van der Waals surface area (Å²) in [7, 11) is 0. The highest BCUT2D eigenvalue weighted by molar-refractivity contribution is 5.71. The van der Waals surface area contributed by atoms with Crippen molar-refractivity contribution in [3.8, 4) is 0 Å². The summed E-state index contributed by atoms with van der Waals surface area (Å²) >= 11 is 0. The van der Waals surface area contributed by atoms with Crippen molar-refractivity contribution in [1.29, 1.82) is 0 Å². The Morgan fingerprint density at radius 1 is 0.273 bits per heavy atom. The molecule has 0 aliphatic heterocycles. The Bertz CT molecular complexity index is 1470. The molecule has 77 heavy (non-hydrogen) atoms. The van der Waals surface area contributed by atoms with Crippen LogP contribution in [-0.2, 0) is 28.6 Å². The van der Waals surface area contributed by atoms with Gasteiger partial charge in [-0.1, -0.05) is 286 Å². The second kappa shape index (κ2) is 65.1. The first-order valence-corrected chi connectivity index (χ1v) is 33.1. The van der Waals surface area contributed by atoms with E-state index >= 15 is 0 Å². The van der Waals surface area contributed by atoms with Crippen molar-refractivity contribution in [2.75, 3.05) is 13.2 Å². The Morgan fingerprint density at radius 3 is 0.857 bits per heavy atom. The first-order valence-electron chi connectivity index (χ1n) is 33.1. The molecular weight excluding hydrogens is 949 g/mol. The second-order valence-corrected chi connectivity index (χ2v) is 22.0. The van der Waals surface area contributed by atoms with E-state index in [1.165, 1.54) is 180 Å². The van der Waals surface area contributed by atoms with Crippen LogP contribution in [-0.4, -0.2) is 37.2 Å². The summed E-state index contributed by atoms with van der Waals surface area (Å²) in [6, 6.07) is 0. The quantitative estimate of drug-likeness (QED) is 0.0261. The molecule has 444 valence electrons. The molecule has 1 unspecified atom stereocenters. The minimum Gasteiger partial charge on any atom is -0.462 e. The Hall–Kier alpha value is -3.41. The molecule has 0 saturated heterocycles. The Balaban J connectivity index is 4.30. The van der Waals surface area contributed by atoms with Crippen LogP contribution in [0.25, 0.3) is 0 Å². The summed E-state index contributed by atoms with van der Waals surface area (Å²) in [4.78, 5) is 38.3. The number of esters is 3. The number of carbonyl (C=O) groups is 3. The molecule has 0 aliphatic carbocycles. The van der Waals surface area contributed by atoms with Crippen LogP contribution in [0.5, 0.6) is 0 Å². The number of ether oxygens (including phenoxy) is 3. The highest BCUT2D eigenvalue weighted by atomic mass is 16.6. The highest BCUT2D eigenvalue weighted by Crippen LogP contribution is 2.17. The summed E-state index contributed by atoms with van der Waals surface area (Å²) in [5.41, 5.74) is 0. The zero-order chi connectivity index (χ0) is 55.7. The van der Waals surface area contributed by atoms with E-state index in [2.05, 4.69) is 106 Å². The third-order valence-corrected chi connectivity index (χ3v) is 14.3. The predicted molar refractivity (Wildman–Crippen MR) is 334 cm³/mol. The average molecular weight is 1070 g/mol. The maximum Gasteiger partial charge on any atom is 0.306 e. The highest BCUT2D eigenvalue weighted by Gasteiger charge is 2.19. The molecule has 0 N–H and O–H groups in total. The third-order valence-electron chi connectivity index (χ3n) is 14.3. The number of hydrogen-bond donors (Lipinski definition) is 0. The third kappa shape index (κ3) is 63.3. The van der Waals surface area contributed by atoms with Crippen LogP contribution in [0.15, 0.2) is 85.1 Å². The zero-order valence-corrected chi connectivity index (χ0v) is 51.0. The SMILES string of the molecule is CC/C=C\C/C=C\C/C=C\C/C=C\CCCCCCCCCCCCCCC(=O)OCC(COC(=O)CCCCCCC/C=C\C/C=C\CCC)OC(=O)CCCCCCCCCCC/C=C\CCCCCCCCCC. The maximum atomic E-state index is 12.9. The van der Waals surface area contributed by atoms with Crippen molar-refractivity contribution in [2.45, 2.75) is 335 Å². The van der Waals surface area contributed by atoms with Gasteiger partial charge < -0.3 is 14.2 Å². The predicted octanol–water partition coefficient (Wildman–Crippen LogP) is 22.7. The first kappa shape index (κ1) is 73.6.